The Morgan fingerprint density at radius 1 is 1.35 bits per heavy atom. The number of rotatable bonds is 5. The van der Waals surface area contributed by atoms with E-state index in [2.05, 4.69) is 27.7 Å². The average Bonchev–Trinajstić information content (AvgIpc) is 2.26. The molecule has 120 valence electrons. The summed E-state index contributed by atoms with van der Waals surface area (Å²) in [5, 5.41) is 10.3. The highest BCUT2D eigenvalue weighted by atomic mass is 32.2. The first-order valence-corrected chi connectivity index (χ1v) is 9.48. The Kier molecular flexibility index (Phi) is 6.05. The molecule has 4 nitrogen and oxygen atoms in total. The van der Waals surface area contributed by atoms with Gasteiger partial charge in [-0.2, -0.15) is 0 Å². The number of aliphatic hydroxyl groups is 1. The van der Waals surface area contributed by atoms with Gasteiger partial charge in [0, 0.05) is 13.1 Å². The molecule has 1 saturated heterocycles. The monoisotopic (exact) mass is 305 g/mol. The van der Waals surface area contributed by atoms with Crippen LogP contribution in [0, 0.1) is 17.3 Å². The van der Waals surface area contributed by atoms with Crippen LogP contribution in [0.3, 0.4) is 0 Å². The summed E-state index contributed by atoms with van der Waals surface area (Å²) in [6.07, 6.45) is 4.37. The van der Waals surface area contributed by atoms with E-state index >= 15 is 0 Å². The van der Waals surface area contributed by atoms with Crippen LogP contribution in [0.25, 0.3) is 0 Å². The molecule has 0 bridgehead atoms. The summed E-state index contributed by atoms with van der Waals surface area (Å²) >= 11 is 0. The summed E-state index contributed by atoms with van der Waals surface area (Å²) in [5.74, 6) is 0.743. The number of sulfonamides is 1. The summed E-state index contributed by atoms with van der Waals surface area (Å²) in [6, 6.07) is 0. The lowest BCUT2D eigenvalue weighted by Crippen LogP contribution is -2.40. The zero-order valence-corrected chi connectivity index (χ0v) is 14.4. The van der Waals surface area contributed by atoms with Gasteiger partial charge in [0.1, 0.15) is 0 Å². The van der Waals surface area contributed by atoms with Crippen molar-refractivity contribution >= 4 is 10.0 Å². The molecule has 20 heavy (non-hydrogen) atoms. The largest absolute Gasteiger partial charge is 0.393 e. The summed E-state index contributed by atoms with van der Waals surface area (Å²) in [7, 11) is -3.09. The zero-order chi connectivity index (χ0) is 15.6. The van der Waals surface area contributed by atoms with Crippen molar-refractivity contribution in [1.82, 2.24) is 4.31 Å². The second-order valence-electron chi connectivity index (χ2n) is 7.52. The molecule has 0 radical (unpaired) electrons. The number of hydrogen-bond donors (Lipinski definition) is 1. The van der Waals surface area contributed by atoms with Crippen LogP contribution in [0.2, 0.25) is 0 Å². The summed E-state index contributed by atoms with van der Waals surface area (Å²) < 4.78 is 24.7. The summed E-state index contributed by atoms with van der Waals surface area (Å²) in [6.45, 7) is 9.94. The Labute approximate surface area is 124 Å². The predicted octanol–water partition coefficient (Wildman–Crippen LogP) is 2.48. The molecular weight excluding hydrogens is 274 g/mol. The fourth-order valence-corrected chi connectivity index (χ4v) is 3.71. The maximum absolute atomic E-state index is 11.6. The minimum absolute atomic E-state index is 0.201. The predicted molar refractivity (Wildman–Crippen MR) is 83.0 cm³/mol. The van der Waals surface area contributed by atoms with Crippen LogP contribution < -0.4 is 0 Å². The van der Waals surface area contributed by atoms with Crippen molar-refractivity contribution in [2.24, 2.45) is 17.3 Å². The molecule has 1 rings (SSSR count). The molecule has 1 aliphatic heterocycles. The second kappa shape index (κ2) is 6.75. The quantitative estimate of drug-likeness (QED) is 0.849. The van der Waals surface area contributed by atoms with E-state index in [0.29, 0.717) is 31.3 Å². The van der Waals surface area contributed by atoms with E-state index in [1.807, 2.05) is 0 Å². The lowest BCUT2D eigenvalue weighted by atomic mass is 9.77. The lowest BCUT2D eigenvalue weighted by molar-refractivity contribution is 0.0782. The van der Waals surface area contributed by atoms with Crippen LogP contribution in [-0.4, -0.2) is 43.3 Å². The Balaban J connectivity index is 2.48. The van der Waals surface area contributed by atoms with E-state index in [1.54, 1.807) is 4.31 Å². The van der Waals surface area contributed by atoms with Gasteiger partial charge in [0.2, 0.25) is 10.0 Å². The topological polar surface area (TPSA) is 57.6 Å². The third kappa shape index (κ3) is 5.70. The van der Waals surface area contributed by atoms with Crippen molar-refractivity contribution < 1.29 is 13.5 Å². The maximum Gasteiger partial charge on any atom is 0.211 e. The molecule has 0 aromatic rings. The second-order valence-corrected chi connectivity index (χ2v) is 9.50. The third-order valence-corrected chi connectivity index (χ3v) is 5.93. The van der Waals surface area contributed by atoms with E-state index < -0.39 is 10.0 Å². The average molecular weight is 305 g/mol. The molecule has 5 heteroatoms. The number of nitrogens with zero attached hydrogens (tertiary/aromatic N) is 1. The smallest absolute Gasteiger partial charge is 0.211 e. The van der Waals surface area contributed by atoms with E-state index in [9.17, 15) is 13.5 Å². The number of piperidine rings is 1. The van der Waals surface area contributed by atoms with Gasteiger partial charge in [-0.15, -0.1) is 0 Å². The SMILES string of the molecule is CC(CC(O)CC1CCCN(S(C)(=O)=O)C1)C(C)(C)C. The van der Waals surface area contributed by atoms with E-state index in [0.717, 1.165) is 19.3 Å². The molecule has 1 heterocycles. The van der Waals surface area contributed by atoms with E-state index in [-0.39, 0.29) is 11.5 Å². The van der Waals surface area contributed by atoms with Crippen molar-refractivity contribution in [3.05, 3.63) is 0 Å². The molecule has 0 aliphatic carbocycles. The van der Waals surface area contributed by atoms with Gasteiger partial charge in [-0.25, -0.2) is 12.7 Å². The van der Waals surface area contributed by atoms with Gasteiger partial charge in [-0.05, 0) is 42.9 Å². The van der Waals surface area contributed by atoms with Gasteiger partial charge >= 0.3 is 0 Å². The Hall–Kier alpha value is -0.130. The lowest BCUT2D eigenvalue weighted by Gasteiger charge is -2.34. The van der Waals surface area contributed by atoms with Gasteiger partial charge in [-0.3, -0.25) is 0 Å². The van der Waals surface area contributed by atoms with Gasteiger partial charge in [0.15, 0.2) is 0 Å². The first kappa shape index (κ1) is 17.9. The van der Waals surface area contributed by atoms with E-state index in [1.165, 1.54) is 6.26 Å². The normalized spacial score (nSPS) is 25.4. The first-order valence-electron chi connectivity index (χ1n) is 7.63. The molecular formula is C15H31NO3S. The van der Waals surface area contributed by atoms with Crippen LogP contribution in [0.4, 0.5) is 0 Å². The molecule has 1 aliphatic rings. The standard InChI is InChI=1S/C15H31NO3S/c1-12(15(2,3)4)9-14(17)10-13-7-6-8-16(11-13)20(5,18)19/h12-14,17H,6-11H2,1-5H3. The van der Waals surface area contributed by atoms with Crippen molar-refractivity contribution in [1.29, 1.82) is 0 Å². The molecule has 0 amide bonds. The van der Waals surface area contributed by atoms with Crippen LogP contribution in [0.1, 0.15) is 53.4 Å². The van der Waals surface area contributed by atoms with Gasteiger partial charge in [0.05, 0.1) is 12.4 Å². The van der Waals surface area contributed by atoms with Crippen molar-refractivity contribution in [3.8, 4) is 0 Å². The van der Waals surface area contributed by atoms with Crippen LogP contribution in [0.15, 0.2) is 0 Å². The fraction of sp³-hybridized carbons (Fsp3) is 1.00. The van der Waals surface area contributed by atoms with E-state index in [4.69, 9.17) is 0 Å². The van der Waals surface area contributed by atoms with Gasteiger partial charge in [0.25, 0.3) is 0 Å². The minimum Gasteiger partial charge on any atom is -0.393 e. The Morgan fingerprint density at radius 3 is 2.45 bits per heavy atom. The maximum atomic E-state index is 11.6. The van der Waals surface area contributed by atoms with Crippen LogP contribution in [0.5, 0.6) is 0 Å². The molecule has 3 atom stereocenters. The van der Waals surface area contributed by atoms with Crippen LogP contribution >= 0.6 is 0 Å². The highest BCUT2D eigenvalue weighted by molar-refractivity contribution is 7.88. The molecule has 1 fully saturated rings. The first-order chi connectivity index (χ1) is 9.00. The van der Waals surface area contributed by atoms with Crippen molar-refractivity contribution in [2.45, 2.75) is 59.5 Å². The molecule has 0 saturated carbocycles. The molecule has 0 spiro atoms. The molecule has 3 unspecified atom stereocenters. The Bertz CT molecular complexity index is 400. The molecule has 0 aromatic heterocycles. The summed E-state index contributed by atoms with van der Waals surface area (Å²) in [5.41, 5.74) is 0.201. The molecule has 1 N–H and O–H groups in total. The zero-order valence-electron chi connectivity index (χ0n) is 13.6. The van der Waals surface area contributed by atoms with Crippen LogP contribution in [-0.2, 0) is 10.0 Å². The highest BCUT2D eigenvalue weighted by Gasteiger charge is 2.29. The van der Waals surface area contributed by atoms with Crippen molar-refractivity contribution in [3.63, 3.8) is 0 Å². The van der Waals surface area contributed by atoms with Gasteiger partial charge < -0.3 is 5.11 Å². The molecule has 0 aromatic carbocycles. The number of hydrogen-bond acceptors (Lipinski definition) is 3. The van der Waals surface area contributed by atoms with Gasteiger partial charge in [-0.1, -0.05) is 27.7 Å². The minimum atomic E-state index is -3.09. The summed E-state index contributed by atoms with van der Waals surface area (Å²) in [4.78, 5) is 0. The third-order valence-electron chi connectivity index (χ3n) is 4.66. The fourth-order valence-electron chi connectivity index (χ4n) is 2.76. The number of aliphatic hydroxyl groups excluding tert-OH is 1. The Morgan fingerprint density at radius 2 is 1.95 bits per heavy atom. The van der Waals surface area contributed by atoms with Crippen molar-refractivity contribution in [2.75, 3.05) is 19.3 Å². The highest BCUT2D eigenvalue weighted by Crippen LogP contribution is 2.31.